The highest BCUT2D eigenvalue weighted by atomic mass is 16.5. The molecule has 2 aromatic carbocycles. The molecule has 31 heavy (non-hydrogen) atoms. The molecule has 164 valence electrons. The normalized spacial score (nSPS) is 18.3. The van der Waals surface area contributed by atoms with Crippen molar-refractivity contribution in [1.82, 2.24) is 9.80 Å². The van der Waals surface area contributed by atoms with Crippen LogP contribution in [0.3, 0.4) is 0 Å². The summed E-state index contributed by atoms with van der Waals surface area (Å²) in [4.78, 5) is 29.2. The number of Topliss-reactive ketones (excluding diaryl/α,β-unsaturated/α-hetero) is 1. The molecule has 0 unspecified atom stereocenters. The second-order valence-electron chi connectivity index (χ2n) is 8.08. The van der Waals surface area contributed by atoms with Crippen LogP contribution in [-0.2, 0) is 9.59 Å². The first kappa shape index (κ1) is 22.4. The third kappa shape index (κ3) is 4.88. The Morgan fingerprint density at radius 2 is 1.68 bits per heavy atom. The topological polar surface area (TPSA) is 90.3 Å². The monoisotopic (exact) mass is 424 g/mol. The van der Waals surface area contributed by atoms with Crippen molar-refractivity contribution in [2.75, 3.05) is 27.2 Å². The van der Waals surface area contributed by atoms with Crippen LogP contribution < -0.4 is 4.74 Å². The summed E-state index contributed by atoms with van der Waals surface area (Å²) in [5, 5.41) is 20.7. The zero-order valence-electron chi connectivity index (χ0n) is 18.2. The van der Waals surface area contributed by atoms with Gasteiger partial charge in [0.2, 0.25) is 0 Å². The van der Waals surface area contributed by atoms with Crippen molar-refractivity contribution in [2.24, 2.45) is 0 Å². The van der Waals surface area contributed by atoms with E-state index in [0.29, 0.717) is 30.0 Å². The molecule has 0 radical (unpaired) electrons. The molecule has 0 bridgehead atoms. The van der Waals surface area contributed by atoms with E-state index in [9.17, 15) is 19.8 Å². The predicted molar refractivity (Wildman–Crippen MR) is 118 cm³/mol. The number of nitrogens with zero attached hydrogens (tertiary/aromatic N) is 2. The van der Waals surface area contributed by atoms with Gasteiger partial charge < -0.3 is 24.7 Å². The highest BCUT2D eigenvalue weighted by Crippen LogP contribution is 2.39. The van der Waals surface area contributed by atoms with Crippen LogP contribution in [0.2, 0.25) is 0 Å². The molecule has 3 rings (SSSR count). The first-order valence-electron chi connectivity index (χ1n) is 10.2. The second kappa shape index (κ2) is 9.22. The van der Waals surface area contributed by atoms with Gasteiger partial charge in [-0.2, -0.15) is 0 Å². The van der Waals surface area contributed by atoms with E-state index in [-0.39, 0.29) is 23.2 Å². The van der Waals surface area contributed by atoms with Gasteiger partial charge in [-0.05, 0) is 69.9 Å². The van der Waals surface area contributed by atoms with E-state index in [1.807, 2.05) is 32.8 Å². The number of carbonyl (C=O) groups is 2. The third-order valence-corrected chi connectivity index (χ3v) is 5.04. The zero-order chi connectivity index (χ0) is 22.7. The Morgan fingerprint density at radius 3 is 2.23 bits per heavy atom. The van der Waals surface area contributed by atoms with Crippen molar-refractivity contribution in [3.05, 3.63) is 65.2 Å². The SMILES string of the molecule is CC(C)Oc1ccc(C(O)=C2C(=O)C(=O)N(CCN(C)C)[C@@H]2c2ccc(O)cc2)cc1. The van der Waals surface area contributed by atoms with Crippen LogP contribution in [0, 0.1) is 0 Å². The number of likely N-dealkylation sites (N-methyl/N-ethyl adjacent to an activating group) is 1. The Labute approximate surface area is 182 Å². The molecule has 0 aliphatic carbocycles. The largest absolute Gasteiger partial charge is 0.508 e. The summed E-state index contributed by atoms with van der Waals surface area (Å²) in [6.07, 6.45) is 0.0102. The number of amides is 1. The fourth-order valence-electron chi connectivity index (χ4n) is 3.54. The van der Waals surface area contributed by atoms with E-state index in [1.54, 1.807) is 36.4 Å². The van der Waals surface area contributed by atoms with Crippen molar-refractivity contribution >= 4 is 17.4 Å². The van der Waals surface area contributed by atoms with Crippen molar-refractivity contribution in [1.29, 1.82) is 0 Å². The highest BCUT2D eigenvalue weighted by Gasteiger charge is 2.45. The maximum Gasteiger partial charge on any atom is 0.295 e. The Hall–Kier alpha value is -3.32. The summed E-state index contributed by atoms with van der Waals surface area (Å²) in [6, 6.07) is 12.3. The average molecular weight is 424 g/mol. The molecule has 0 saturated carbocycles. The Bertz CT molecular complexity index is 978. The molecule has 1 heterocycles. The van der Waals surface area contributed by atoms with Gasteiger partial charge in [-0.3, -0.25) is 9.59 Å². The lowest BCUT2D eigenvalue weighted by Gasteiger charge is -2.26. The van der Waals surface area contributed by atoms with Crippen molar-refractivity contribution in [3.63, 3.8) is 0 Å². The summed E-state index contributed by atoms with van der Waals surface area (Å²) in [5.41, 5.74) is 1.09. The van der Waals surface area contributed by atoms with Crippen molar-refractivity contribution < 1.29 is 24.5 Å². The number of benzene rings is 2. The molecule has 7 nitrogen and oxygen atoms in total. The minimum absolute atomic E-state index is 0.0102. The number of rotatable bonds is 7. The number of ketones is 1. The lowest BCUT2D eigenvalue weighted by molar-refractivity contribution is -0.140. The number of hydrogen-bond acceptors (Lipinski definition) is 6. The Kier molecular flexibility index (Phi) is 6.65. The number of phenolic OH excluding ortho intramolecular Hbond substituents is 1. The van der Waals surface area contributed by atoms with Crippen LogP contribution in [0.5, 0.6) is 11.5 Å². The number of carbonyl (C=O) groups excluding carboxylic acids is 2. The van der Waals surface area contributed by atoms with Crippen LogP contribution in [0.4, 0.5) is 0 Å². The maximum absolute atomic E-state index is 12.9. The Morgan fingerprint density at radius 1 is 1.06 bits per heavy atom. The van der Waals surface area contributed by atoms with E-state index >= 15 is 0 Å². The number of aliphatic hydroxyl groups excluding tert-OH is 1. The molecule has 0 spiro atoms. The molecule has 1 aliphatic heterocycles. The Balaban J connectivity index is 2.06. The van der Waals surface area contributed by atoms with Gasteiger partial charge in [0.1, 0.15) is 17.3 Å². The van der Waals surface area contributed by atoms with Crippen LogP contribution in [-0.4, -0.2) is 65.0 Å². The molecule has 0 aromatic heterocycles. The number of hydrogen-bond donors (Lipinski definition) is 2. The number of phenols is 1. The van der Waals surface area contributed by atoms with Crippen LogP contribution in [0.1, 0.15) is 31.0 Å². The molecule has 1 fully saturated rings. The zero-order valence-corrected chi connectivity index (χ0v) is 18.2. The van der Waals surface area contributed by atoms with Gasteiger partial charge in [0.25, 0.3) is 11.7 Å². The van der Waals surface area contributed by atoms with Crippen LogP contribution in [0.15, 0.2) is 54.1 Å². The summed E-state index contributed by atoms with van der Waals surface area (Å²) in [6.45, 7) is 4.71. The lowest BCUT2D eigenvalue weighted by atomic mass is 9.95. The summed E-state index contributed by atoms with van der Waals surface area (Å²) in [5.74, 6) is -0.888. The van der Waals surface area contributed by atoms with Crippen LogP contribution in [0.25, 0.3) is 5.76 Å². The standard InChI is InChI=1S/C24H28N2O5/c1-15(2)31-19-11-7-17(8-12-19)22(28)20-21(16-5-9-18(27)10-6-16)26(14-13-25(3)4)24(30)23(20)29/h5-12,15,21,27-28H,13-14H2,1-4H3/t21-/m1/s1. The fraction of sp³-hybridized carbons (Fsp3) is 0.333. The minimum atomic E-state index is -0.743. The van der Waals surface area contributed by atoms with E-state index in [2.05, 4.69) is 0 Å². The molecule has 1 saturated heterocycles. The van der Waals surface area contributed by atoms with Gasteiger partial charge in [0.05, 0.1) is 17.7 Å². The molecule has 2 aromatic rings. The van der Waals surface area contributed by atoms with E-state index in [1.165, 1.54) is 17.0 Å². The van der Waals surface area contributed by atoms with Gasteiger partial charge in [-0.15, -0.1) is 0 Å². The molecule has 1 amide bonds. The highest BCUT2D eigenvalue weighted by molar-refractivity contribution is 6.46. The number of aliphatic hydroxyl groups is 1. The molecule has 2 N–H and O–H groups in total. The molecule has 7 heteroatoms. The van der Waals surface area contributed by atoms with E-state index < -0.39 is 17.7 Å². The molecular weight excluding hydrogens is 396 g/mol. The second-order valence-corrected chi connectivity index (χ2v) is 8.08. The van der Waals surface area contributed by atoms with Gasteiger partial charge in [0, 0.05) is 18.7 Å². The maximum atomic E-state index is 12.9. The molecule has 1 atom stereocenters. The van der Waals surface area contributed by atoms with E-state index in [4.69, 9.17) is 4.74 Å². The summed E-state index contributed by atoms with van der Waals surface area (Å²) in [7, 11) is 3.76. The van der Waals surface area contributed by atoms with Crippen molar-refractivity contribution in [3.8, 4) is 11.5 Å². The summed E-state index contributed by atoms with van der Waals surface area (Å²) < 4.78 is 5.63. The quantitative estimate of drug-likeness (QED) is 0.403. The smallest absolute Gasteiger partial charge is 0.295 e. The first-order chi connectivity index (χ1) is 14.7. The summed E-state index contributed by atoms with van der Waals surface area (Å²) >= 11 is 0. The lowest BCUT2D eigenvalue weighted by Crippen LogP contribution is -2.35. The van der Waals surface area contributed by atoms with Gasteiger partial charge >= 0.3 is 0 Å². The van der Waals surface area contributed by atoms with E-state index in [0.717, 1.165) is 0 Å². The minimum Gasteiger partial charge on any atom is -0.508 e. The molecule has 1 aliphatic rings. The third-order valence-electron chi connectivity index (χ3n) is 5.04. The van der Waals surface area contributed by atoms with Crippen molar-refractivity contribution in [2.45, 2.75) is 26.0 Å². The first-order valence-corrected chi connectivity index (χ1v) is 10.2. The fourth-order valence-corrected chi connectivity index (χ4v) is 3.54. The number of ether oxygens (including phenoxy) is 1. The predicted octanol–water partition coefficient (Wildman–Crippen LogP) is 3.16. The van der Waals surface area contributed by atoms with Gasteiger partial charge in [-0.1, -0.05) is 12.1 Å². The van der Waals surface area contributed by atoms with Gasteiger partial charge in [0.15, 0.2) is 0 Å². The van der Waals surface area contributed by atoms with Crippen LogP contribution >= 0.6 is 0 Å². The van der Waals surface area contributed by atoms with Gasteiger partial charge in [-0.25, -0.2) is 0 Å². The number of likely N-dealkylation sites (tertiary alicyclic amines) is 1. The molecular formula is C24H28N2O5. The average Bonchev–Trinajstić information content (AvgIpc) is 2.97. The number of aromatic hydroxyl groups is 1.